The standard InChI is InChI=1S/C20H22FN5O2S/c21-16-7-5-14(6-8-16)11-22-12-17-4-2-10-26(17)20-24-23-19(29-20)25-9-1-3-15(13-25)18(27)28/h2,4-8,10,15,22H,1,3,9,11-13H2,(H,27,28). The third-order valence-electron chi connectivity index (χ3n) is 5.03. The lowest BCUT2D eigenvalue weighted by Gasteiger charge is -2.29. The first-order chi connectivity index (χ1) is 14.1. The number of carboxylic acids is 1. The highest BCUT2D eigenvalue weighted by atomic mass is 32.1. The van der Waals surface area contributed by atoms with E-state index >= 15 is 0 Å². The van der Waals surface area contributed by atoms with Crippen LogP contribution in [0.3, 0.4) is 0 Å². The average molecular weight is 415 g/mol. The number of nitrogens with one attached hydrogen (secondary N) is 1. The van der Waals surface area contributed by atoms with E-state index in [9.17, 15) is 14.3 Å². The van der Waals surface area contributed by atoms with Gasteiger partial charge in [0.1, 0.15) is 5.82 Å². The Morgan fingerprint density at radius 1 is 1.21 bits per heavy atom. The van der Waals surface area contributed by atoms with Crippen LogP contribution in [0.4, 0.5) is 9.52 Å². The number of piperidine rings is 1. The minimum absolute atomic E-state index is 0.238. The molecular weight excluding hydrogens is 393 g/mol. The van der Waals surface area contributed by atoms with Crippen molar-refractivity contribution >= 4 is 22.4 Å². The predicted molar refractivity (Wildman–Crippen MR) is 109 cm³/mol. The first-order valence-corrected chi connectivity index (χ1v) is 10.3. The fraction of sp³-hybridized carbons (Fsp3) is 0.350. The maximum Gasteiger partial charge on any atom is 0.308 e. The number of aromatic nitrogens is 3. The summed E-state index contributed by atoms with van der Waals surface area (Å²) >= 11 is 1.46. The Bertz CT molecular complexity index is 971. The van der Waals surface area contributed by atoms with Crippen LogP contribution in [0.25, 0.3) is 5.13 Å². The number of hydrogen-bond acceptors (Lipinski definition) is 6. The molecule has 152 valence electrons. The van der Waals surface area contributed by atoms with Gasteiger partial charge >= 0.3 is 5.97 Å². The monoisotopic (exact) mass is 415 g/mol. The molecule has 1 unspecified atom stereocenters. The van der Waals surface area contributed by atoms with Crippen LogP contribution in [-0.4, -0.2) is 38.9 Å². The molecule has 7 nitrogen and oxygen atoms in total. The molecule has 3 heterocycles. The number of anilines is 1. The number of halogens is 1. The Hall–Kier alpha value is -2.78. The summed E-state index contributed by atoms with van der Waals surface area (Å²) in [6.45, 7) is 2.54. The van der Waals surface area contributed by atoms with Gasteiger partial charge in [-0.1, -0.05) is 23.5 Å². The Labute approximate surface area is 171 Å². The predicted octanol–water partition coefficient (Wildman–Crippen LogP) is 3.06. The van der Waals surface area contributed by atoms with Crippen LogP contribution in [0.2, 0.25) is 0 Å². The first kappa shape index (κ1) is 19.5. The smallest absolute Gasteiger partial charge is 0.308 e. The molecule has 3 aromatic rings. The molecule has 2 N–H and O–H groups in total. The molecule has 29 heavy (non-hydrogen) atoms. The van der Waals surface area contributed by atoms with Crippen molar-refractivity contribution in [1.29, 1.82) is 0 Å². The van der Waals surface area contributed by atoms with Crippen LogP contribution < -0.4 is 10.2 Å². The molecule has 0 spiro atoms. The van der Waals surface area contributed by atoms with E-state index in [1.807, 2.05) is 27.8 Å². The lowest BCUT2D eigenvalue weighted by atomic mass is 9.99. The summed E-state index contributed by atoms with van der Waals surface area (Å²) in [4.78, 5) is 13.3. The Morgan fingerprint density at radius 2 is 2.00 bits per heavy atom. The quantitative estimate of drug-likeness (QED) is 0.617. The van der Waals surface area contributed by atoms with E-state index in [2.05, 4.69) is 15.5 Å². The van der Waals surface area contributed by atoms with E-state index < -0.39 is 5.97 Å². The van der Waals surface area contributed by atoms with Crippen molar-refractivity contribution < 1.29 is 14.3 Å². The summed E-state index contributed by atoms with van der Waals surface area (Å²) in [6.07, 6.45) is 3.49. The Balaban J connectivity index is 1.40. The maximum atomic E-state index is 13.0. The molecular formula is C20H22FN5O2S. The summed E-state index contributed by atoms with van der Waals surface area (Å²) in [5.74, 6) is -1.34. The number of aliphatic carboxylic acids is 1. The van der Waals surface area contributed by atoms with Gasteiger partial charge in [0.2, 0.25) is 10.3 Å². The summed E-state index contributed by atoms with van der Waals surface area (Å²) < 4.78 is 15.0. The zero-order chi connectivity index (χ0) is 20.2. The molecule has 4 rings (SSSR count). The van der Waals surface area contributed by atoms with Crippen molar-refractivity contribution in [1.82, 2.24) is 20.1 Å². The highest BCUT2D eigenvalue weighted by Gasteiger charge is 2.27. The zero-order valence-corrected chi connectivity index (χ0v) is 16.6. The summed E-state index contributed by atoms with van der Waals surface area (Å²) in [5.41, 5.74) is 2.05. The van der Waals surface area contributed by atoms with E-state index in [-0.39, 0.29) is 11.7 Å². The topological polar surface area (TPSA) is 83.3 Å². The molecule has 9 heteroatoms. The normalized spacial score (nSPS) is 16.9. The number of benzene rings is 1. The largest absolute Gasteiger partial charge is 0.481 e. The molecule has 0 saturated carbocycles. The highest BCUT2D eigenvalue weighted by molar-refractivity contribution is 7.17. The molecule has 1 aromatic carbocycles. The fourth-order valence-corrected chi connectivity index (χ4v) is 4.37. The number of rotatable bonds is 7. The molecule has 0 bridgehead atoms. The van der Waals surface area contributed by atoms with E-state index in [0.29, 0.717) is 26.1 Å². The molecule has 0 amide bonds. The van der Waals surface area contributed by atoms with Crippen molar-refractivity contribution in [3.05, 3.63) is 59.7 Å². The number of carbonyl (C=O) groups is 1. The van der Waals surface area contributed by atoms with Crippen LogP contribution in [0.1, 0.15) is 24.1 Å². The number of hydrogen-bond donors (Lipinski definition) is 2. The summed E-state index contributed by atoms with van der Waals surface area (Å²) in [5, 5.41) is 22.8. The van der Waals surface area contributed by atoms with Gasteiger partial charge in [0, 0.05) is 38.1 Å². The Kier molecular flexibility index (Phi) is 5.86. The van der Waals surface area contributed by atoms with E-state index in [1.165, 1.54) is 23.5 Å². The number of nitrogens with zero attached hydrogens (tertiary/aromatic N) is 4. The molecule has 0 radical (unpaired) electrons. The molecule has 1 aliphatic heterocycles. The first-order valence-electron chi connectivity index (χ1n) is 9.53. The van der Waals surface area contributed by atoms with Crippen molar-refractivity contribution in [2.45, 2.75) is 25.9 Å². The van der Waals surface area contributed by atoms with Crippen molar-refractivity contribution in [2.24, 2.45) is 5.92 Å². The lowest BCUT2D eigenvalue weighted by molar-refractivity contribution is -0.141. The molecule has 1 aliphatic rings. The van der Waals surface area contributed by atoms with E-state index in [4.69, 9.17) is 0 Å². The van der Waals surface area contributed by atoms with E-state index in [1.54, 1.807) is 12.1 Å². The van der Waals surface area contributed by atoms with Crippen LogP contribution in [0.15, 0.2) is 42.6 Å². The van der Waals surface area contributed by atoms with Crippen LogP contribution in [0.5, 0.6) is 0 Å². The van der Waals surface area contributed by atoms with Gasteiger partial charge in [-0.2, -0.15) is 0 Å². The third kappa shape index (κ3) is 4.63. The fourth-order valence-electron chi connectivity index (χ4n) is 3.47. The lowest BCUT2D eigenvalue weighted by Crippen LogP contribution is -2.38. The molecule has 2 aromatic heterocycles. The van der Waals surface area contributed by atoms with Crippen molar-refractivity contribution in [3.8, 4) is 5.13 Å². The molecule has 1 saturated heterocycles. The molecule has 1 fully saturated rings. The van der Waals surface area contributed by atoms with Crippen molar-refractivity contribution in [2.75, 3.05) is 18.0 Å². The van der Waals surface area contributed by atoms with Gasteiger partial charge in [-0.3, -0.25) is 9.36 Å². The minimum Gasteiger partial charge on any atom is -0.481 e. The Morgan fingerprint density at radius 3 is 2.79 bits per heavy atom. The maximum absolute atomic E-state index is 13.0. The average Bonchev–Trinajstić information content (AvgIpc) is 3.39. The van der Waals surface area contributed by atoms with Gasteiger partial charge in [-0.05, 0) is 42.7 Å². The third-order valence-corrected chi connectivity index (χ3v) is 6.02. The SMILES string of the molecule is O=C(O)C1CCCN(c2nnc(-n3cccc3CNCc3ccc(F)cc3)s2)C1. The second-order valence-electron chi connectivity index (χ2n) is 7.09. The second-order valence-corrected chi connectivity index (χ2v) is 8.02. The van der Waals surface area contributed by atoms with E-state index in [0.717, 1.165) is 34.5 Å². The van der Waals surface area contributed by atoms with Gasteiger partial charge < -0.3 is 15.3 Å². The van der Waals surface area contributed by atoms with Gasteiger partial charge in [0.25, 0.3) is 0 Å². The van der Waals surface area contributed by atoms with Crippen LogP contribution in [-0.2, 0) is 17.9 Å². The van der Waals surface area contributed by atoms with Gasteiger partial charge in [0.15, 0.2) is 0 Å². The highest BCUT2D eigenvalue weighted by Crippen LogP contribution is 2.28. The van der Waals surface area contributed by atoms with Crippen LogP contribution in [0, 0.1) is 11.7 Å². The zero-order valence-electron chi connectivity index (χ0n) is 15.8. The summed E-state index contributed by atoms with van der Waals surface area (Å²) in [7, 11) is 0. The molecule has 0 aliphatic carbocycles. The number of carboxylic acid groups (broad SMARTS) is 1. The van der Waals surface area contributed by atoms with Gasteiger partial charge in [0.05, 0.1) is 5.92 Å². The van der Waals surface area contributed by atoms with Gasteiger partial charge in [-0.25, -0.2) is 4.39 Å². The van der Waals surface area contributed by atoms with Crippen molar-refractivity contribution in [3.63, 3.8) is 0 Å². The molecule has 1 atom stereocenters. The summed E-state index contributed by atoms with van der Waals surface area (Å²) in [6, 6.07) is 10.4. The minimum atomic E-state index is -0.751. The second kappa shape index (κ2) is 8.71. The van der Waals surface area contributed by atoms with Crippen LogP contribution >= 0.6 is 11.3 Å². The van der Waals surface area contributed by atoms with Gasteiger partial charge in [-0.15, -0.1) is 10.2 Å².